The third-order valence-electron chi connectivity index (χ3n) is 8.81. The number of rotatable bonds is 9. The van der Waals surface area contributed by atoms with Gasteiger partial charge in [0.2, 0.25) is 0 Å². The van der Waals surface area contributed by atoms with Crippen LogP contribution in [0.5, 0.6) is 5.75 Å². The van der Waals surface area contributed by atoms with Crippen molar-refractivity contribution >= 4 is 23.3 Å². The van der Waals surface area contributed by atoms with Gasteiger partial charge < -0.3 is 19.9 Å². The van der Waals surface area contributed by atoms with Crippen LogP contribution in [0.4, 0.5) is 5.82 Å². The van der Waals surface area contributed by atoms with Crippen molar-refractivity contribution < 1.29 is 9.53 Å². The summed E-state index contributed by atoms with van der Waals surface area (Å²) in [6, 6.07) is 11.0. The average Bonchev–Trinajstić information content (AvgIpc) is 3.52. The molecule has 5 rings (SSSR count). The molecule has 2 atom stereocenters. The standard InChI is InChI=1S/C30H39ClN6O2/c1-3-20(4-2)15-36-16-22-18-37(19-23(22)17-36)29-12-11-28(34-35-29)30(38)33-24-6-9-25(10-7-24)39-26-8-5-21(14-32)27(31)13-26/h5,8,11-13,20,22-25H,3-4,6-7,9-10,15-19H2,1-2H3,(H,33,38)/t22?,23?,24-,25-. The molecule has 0 bridgehead atoms. The molecule has 0 radical (unpaired) electrons. The molecule has 1 saturated carbocycles. The number of likely N-dealkylation sites (tertiary alicyclic amines) is 1. The third-order valence-corrected chi connectivity index (χ3v) is 9.13. The van der Waals surface area contributed by atoms with Gasteiger partial charge in [-0.2, -0.15) is 5.26 Å². The number of hydrogen-bond donors (Lipinski definition) is 1. The monoisotopic (exact) mass is 550 g/mol. The van der Waals surface area contributed by atoms with E-state index in [1.165, 1.54) is 32.5 Å². The predicted octanol–water partition coefficient (Wildman–Crippen LogP) is 4.93. The Balaban J connectivity index is 1.06. The highest BCUT2D eigenvalue weighted by molar-refractivity contribution is 6.31. The van der Waals surface area contributed by atoms with Crippen LogP contribution in [0.15, 0.2) is 30.3 Å². The second kappa shape index (κ2) is 12.5. The molecule has 2 saturated heterocycles. The Bertz CT molecular complexity index is 1160. The Morgan fingerprint density at radius 3 is 2.38 bits per heavy atom. The highest BCUT2D eigenvalue weighted by Crippen LogP contribution is 2.34. The average molecular weight is 551 g/mol. The quantitative estimate of drug-likeness (QED) is 0.473. The number of benzene rings is 1. The summed E-state index contributed by atoms with van der Waals surface area (Å²) in [5, 5.41) is 21.3. The first kappa shape index (κ1) is 27.7. The molecule has 2 unspecified atom stereocenters. The summed E-state index contributed by atoms with van der Waals surface area (Å²) in [5.41, 5.74) is 0.800. The number of carbonyl (C=O) groups excluding carboxylic acids is 1. The summed E-state index contributed by atoms with van der Waals surface area (Å²) < 4.78 is 6.06. The van der Waals surface area contributed by atoms with Crippen LogP contribution in [0.25, 0.3) is 0 Å². The minimum Gasteiger partial charge on any atom is -0.490 e. The summed E-state index contributed by atoms with van der Waals surface area (Å²) in [7, 11) is 0. The van der Waals surface area contributed by atoms with Gasteiger partial charge in [0.15, 0.2) is 11.5 Å². The largest absolute Gasteiger partial charge is 0.490 e. The first-order chi connectivity index (χ1) is 18.9. The van der Waals surface area contributed by atoms with Crippen LogP contribution in [0.3, 0.4) is 0 Å². The van der Waals surface area contributed by atoms with Crippen LogP contribution < -0.4 is 15.0 Å². The van der Waals surface area contributed by atoms with Gasteiger partial charge in [0, 0.05) is 44.8 Å². The third kappa shape index (κ3) is 6.64. The van der Waals surface area contributed by atoms with Gasteiger partial charge in [0.05, 0.1) is 16.7 Å². The number of amides is 1. The fraction of sp³-hybridized carbons (Fsp3) is 0.600. The number of carbonyl (C=O) groups is 1. The Kier molecular flexibility index (Phi) is 8.89. The number of anilines is 1. The van der Waals surface area contributed by atoms with Gasteiger partial charge in [-0.15, -0.1) is 10.2 Å². The first-order valence-electron chi connectivity index (χ1n) is 14.4. The van der Waals surface area contributed by atoms with E-state index in [2.05, 4.69) is 45.2 Å². The number of nitriles is 1. The Hall–Kier alpha value is -2.89. The summed E-state index contributed by atoms with van der Waals surface area (Å²) in [5.74, 6) is 3.55. The van der Waals surface area contributed by atoms with Crippen molar-refractivity contribution in [2.45, 2.75) is 64.5 Å². The van der Waals surface area contributed by atoms with Crippen molar-refractivity contribution in [1.82, 2.24) is 20.4 Å². The van der Waals surface area contributed by atoms with E-state index >= 15 is 0 Å². The molecular formula is C30H39ClN6O2. The van der Waals surface area contributed by atoms with Gasteiger partial charge in [-0.1, -0.05) is 38.3 Å². The zero-order chi connectivity index (χ0) is 27.4. The molecule has 1 aromatic heterocycles. The van der Waals surface area contributed by atoms with Crippen molar-refractivity contribution in [3.8, 4) is 11.8 Å². The molecule has 8 nitrogen and oxygen atoms in total. The lowest BCUT2D eigenvalue weighted by Gasteiger charge is -2.29. The van der Waals surface area contributed by atoms with E-state index in [9.17, 15) is 4.79 Å². The zero-order valence-electron chi connectivity index (χ0n) is 23.0. The van der Waals surface area contributed by atoms with Crippen molar-refractivity contribution in [2.75, 3.05) is 37.6 Å². The SMILES string of the molecule is CCC(CC)CN1CC2CN(c3ccc(C(=O)N[C@H]4CC[C@H](Oc5ccc(C#N)c(Cl)c5)CC4)nn3)CC2C1. The number of nitrogens with zero attached hydrogens (tertiary/aromatic N) is 5. The summed E-state index contributed by atoms with van der Waals surface area (Å²) >= 11 is 6.12. The van der Waals surface area contributed by atoms with Gasteiger partial charge in [-0.3, -0.25) is 4.79 Å². The van der Waals surface area contributed by atoms with Crippen molar-refractivity contribution in [3.63, 3.8) is 0 Å². The molecule has 1 amide bonds. The normalized spacial score (nSPS) is 24.9. The second-order valence-electron chi connectivity index (χ2n) is 11.4. The molecule has 9 heteroatoms. The topological polar surface area (TPSA) is 94.4 Å². The lowest BCUT2D eigenvalue weighted by atomic mass is 9.93. The van der Waals surface area contributed by atoms with Crippen LogP contribution in [0.2, 0.25) is 5.02 Å². The molecule has 3 heterocycles. The highest BCUT2D eigenvalue weighted by atomic mass is 35.5. The molecule has 1 aliphatic carbocycles. The van der Waals surface area contributed by atoms with Crippen LogP contribution in [0, 0.1) is 29.1 Å². The minimum absolute atomic E-state index is 0.0629. The molecular weight excluding hydrogens is 512 g/mol. The molecule has 3 fully saturated rings. The Morgan fingerprint density at radius 2 is 1.79 bits per heavy atom. The van der Waals surface area contributed by atoms with Gasteiger partial charge in [-0.25, -0.2) is 0 Å². The highest BCUT2D eigenvalue weighted by Gasteiger charge is 2.40. The fourth-order valence-corrected chi connectivity index (χ4v) is 6.60. The molecule has 208 valence electrons. The van der Waals surface area contributed by atoms with Gasteiger partial charge in [0.25, 0.3) is 5.91 Å². The minimum atomic E-state index is -0.173. The molecule has 0 spiro atoms. The summed E-state index contributed by atoms with van der Waals surface area (Å²) in [6.07, 6.45) is 5.91. The predicted molar refractivity (Wildman–Crippen MR) is 152 cm³/mol. The van der Waals surface area contributed by atoms with Crippen LogP contribution in [-0.4, -0.2) is 65.9 Å². The maximum absolute atomic E-state index is 12.8. The molecule has 2 aliphatic heterocycles. The number of halogens is 1. The van der Waals surface area contributed by atoms with E-state index in [-0.39, 0.29) is 18.1 Å². The number of nitrogens with one attached hydrogen (secondary N) is 1. The van der Waals surface area contributed by atoms with E-state index < -0.39 is 0 Å². The summed E-state index contributed by atoms with van der Waals surface area (Å²) in [4.78, 5) is 17.8. The lowest BCUT2D eigenvalue weighted by Crippen LogP contribution is -2.40. The Labute approximate surface area is 236 Å². The van der Waals surface area contributed by atoms with E-state index in [0.717, 1.165) is 50.5 Å². The lowest BCUT2D eigenvalue weighted by molar-refractivity contribution is 0.0888. The van der Waals surface area contributed by atoms with Crippen LogP contribution >= 0.6 is 11.6 Å². The maximum Gasteiger partial charge on any atom is 0.272 e. The molecule has 39 heavy (non-hydrogen) atoms. The first-order valence-corrected chi connectivity index (χ1v) is 14.8. The number of aromatic nitrogens is 2. The number of hydrogen-bond acceptors (Lipinski definition) is 7. The zero-order valence-corrected chi connectivity index (χ0v) is 23.7. The van der Waals surface area contributed by atoms with Crippen LogP contribution in [-0.2, 0) is 0 Å². The molecule has 1 N–H and O–H groups in total. The van der Waals surface area contributed by atoms with Gasteiger partial charge in [-0.05, 0) is 67.7 Å². The fourth-order valence-electron chi connectivity index (χ4n) is 6.39. The van der Waals surface area contributed by atoms with Crippen molar-refractivity contribution in [1.29, 1.82) is 5.26 Å². The van der Waals surface area contributed by atoms with Gasteiger partial charge in [0.1, 0.15) is 11.8 Å². The van der Waals surface area contributed by atoms with E-state index in [1.807, 2.05) is 6.07 Å². The van der Waals surface area contributed by atoms with Crippen LogP contribution in [0.1, 0.15) is 68.4 Å². The van der Waals surface area contributed by atoms with E-state index in [1.54, 1.807) is 24.3 Å². The Morgan fingerprint density at radius 1 is 1.08 bits per heavy atom. The van der Waals surface area contributed by atoms with E-state index in [4.69, 9.17) is 21.6 Å². The van der Waals surface area contributed by atoms with E-state index in [0.29, 0.717) is 33.9 Å². The molecule has 1 aromatic carbocycles. The molecule has 2 aromatic rings. The molecule has 3 aliphatic rings. The number of ether oxygens (including phenoxy) is 1. The smallest absolute Gasteiger partial charge is 0.272 e. The summed E-state index contributed by atoms with van der Waals surface area (Å²) in [6.45, 7) is 10.2. The maximum atomic E-state index is 12.8. The number of fused-ring (bicyclic) bond motifs is 1. The van der Waals surface area contributed by atoms with Crippen molar-refractivity contribution in [2.24, 2.45) is 17.8 Å². The second-order valence-corrected chi connectivity index (χ2v) is 11.8. The van der Waals surface area contributed by atoms with Gasteiger partial charge >= 0.3 is 0 Å². The van der Waals surface area contributed by atoms with Crippen molar-refractivity contribution in [3.05, 3.63) is 46.6 Å².